The molecule has 0 unspecified atom stereocenters. The molecule has 1 aliphatic rings. The van der Waals surface area contributed by atoms with Crippen LogP contribution in [0.3, 0.4) is 0 Å². The van der Waals surface area contributed by atoms with Crippen molar-refractivity contribution in [2.24, 2.45) is 5.92 Å². The Hall–Kier alpha value is -1.04. The maximum Gasteiger partial charge on any atom is 0.245 e. The lowest BCUT2D eigenvalue weighted by atomic mass is 9.99. The van der Waals surface area contributed by atoms with Crippen molar-refractivity contribution >= 4 is 30.2 Å². The minimum Gasteiger partial charge on any atom is -0.313 e. The Labute approximate surface area is 100 Å². The molecule has 0 aromatic heterocycles. The maximum atomic E-state index is 11.9. The van der Waals surface area contributed by atoms with E-state index >= 15 is 0 Å². The van der Waals surface area contributed by atoms with Crippen LogP contribution in [-0.2, 0) is 14.4 Å². The second kappa shape index (κ2) is 4.86. The third-order valence-corrected chi connectivity index (χ3v) is 3.26. The van der Waals surface area contributed by atoms with Gasteiger partial charge in [-0.25, -0.2) is 0 Å². The molecule has 1 saturated heterocycles. The highest BCUT2D eigenvalue weighted by Gasteiger charge is 2.45. The number of nitrogens with zero attached hydrogens (tertiary/aromatic N) is 2. The van der Waals surface area contributed by atoms with E-state index in [2.05, 4.69) is 12.6 Å². The van der Waals surface area contributed by atoms with Crippen LogP contribution in [0, 0.1) is 5.92 Å². The minimum atomic E-state index is -1.18. The van der Waals surface area contributed by atoms with Gasteiger partial charge in [0.1, 0.15) is 0 Å². The SMILES string of the molecule is CCN1C(=O)C(C(C)=O)C(=O)N(CC)C1S. The van der Waals surface area contributed by atoms with Crippen LogP contribution < -0.4 is 0 Å². The smallest absolute Gasteiger partial charge is 0.245 e. The number of thiol groups is 1. The van der Waals surface area contributed by atoms with E-state index in [-0.39, 0.29) is 0 Å². The third kappa shape index (κ3) is 1.93. The fraction of sp³-hybridized carbons (Fsp3) is 0.700. The molecule has 2 amide bonds. The maximum absolute atomic E-state index is 11.9. The first-order chi connectivity index (χ1) is 7.45. The molecule has 0 spiro atoms. The minimum absolute atomic E-state index is 0.410. The first-order valence-electron chi connectivity index (χ1n) is 5.25. The zero-order valence-electron chi connectivity index (χ0n) is 9.64. The van der Waals surface area contributed by atoms with E-state index in [1.165, 1.54) is 16.7 Å². The van der Waals surface area contributed by atoms with Gasteiger partial charge in [0.2, 0.25) is 11.8 Å². The summed E-state index contributed by atoms with van der Waals surface area (Å²) in [5.41, 5.74) is -0.564. The number of carbonyl (C=O) groups is 3. The van der Waals surface area contributed by atoms with E-state index in [9.17, 15) is 14.4 Å². The predicted octanol–water partition coefficient (Wildman–Crippen LogP) is 0.116. The summed E-state index contributed by atoms with van der Waals surface area (Å²) in [6.45, 7) is 5.71. The molecule has 1 aliphatic heterocycles. The largest absolute Gasteiger partial charge is 0.313 e. The van der Waals surface area contributed by atoms with Crippen LogP contribution in [0.2, 0.25) is 0 Å². The van der Waals surface area contributed by atoms with Crippen LogP contribution in [0.1, 0.15) is 20.8 Å². The van der Waals surface area contributed by atoms with Gasteiger partial charge in [-0.1, -0.05) is 0 Å². The average Bonchev–Trinajstić information content (AvgIpc) is 2.18. The van der Waals surface area contributed by atoms with Crippen molar-refractivity contribution in [2.45, 2.75) is 26.3 Å². The molecule has 0 saturated carbocycles. The lowest BCUT2D eigenvalue weighted by molar-refractivity contribution is -0.162. The van der Waals surface area contributed by atoms with E-state index in [4.69, 9.17) is 0 Å². The molecule has 0 N–H and O–H groups in total. The van der Waals surface area contributed by atoms with E-state index in [1.54, 1.807) is 13.8 Å². The Morgan fingerprint density at radius 1 is 1.19 bits per heavy atom. The molecule has 1 fully saturated rings. The van der Waals surface area contributed by atoms with Gasteiger partial charge in [-0.3, -0.25) is 14.4 Å². The summed E-state index contributed by atoms with van der Waals surface area (Å²) < 4.78 is 0. The molecule has 0 radical (unpaired) electrons. The Balaban J connectivity index is 3.09. The molecule has 5 nitrogen and oxygen atoms in total. The topological polar surface area (TPSA) is 57.7 Å². The number of hydrogen-bond acceptors (Lipinski definition) is 4. The van der Waals surface area contributed by atoms with Gasteiger partial charge in [0.15, 0.2) is 17.2 Å². The first kappa shape index (κ1) is 13.0. The summed E-state index contributed by atoms with van der Waals surface area (Å²) in [5.74, 6) is -2.47. The number of amides is 2. The second-order valence-electron chi connectivity index (χ2n) is 3.64. The van der Waals surface area contributed by atoms with Gasteiger partial charge in [-0.15, -0.1) is 12.6 Å². The molecule has 0 aromatic rings. The van der Waals surface area contributed by atoms with Crippen molar-refractivity contribution in [3.8, 4) is 0 Å². The molecule has 16 heavy (non-hydrogen) atoms. The molecule has 6 heteroatoms. The highest BCUT2D eigenvalue weighted by atomic mass is 32.1. The lowest BCUT2D eigenvalue weighted by Crippen LogP contribution is -2.62. The highest BCUT2D eigenvalue weighted by molar-refractivity contribution is 7.80. The van der Waals surface area contributed by atoms with Crippen molar-refractivity contribution in [3.05, 3.63) is 0 Å². The summed E-state index contributed by atoms with van der Waals surface area (Å²) in [5, 5.41) is 0. The fourth-order valence-electron chi connectivity index (χ4n) is 1.82. The monoisotopic (exact) mass is 244 g/mol. The van der Waals surface area contributed by atoms with Gasteiger partial charge in [-0.05, 0) is 20.8 Å². The Kier molecular flexibility index (Phi) is 3.96. The molecule has 1 heterocycles. The quantitative estimate of drug-likeness (QED) is 0.566. The van der Waals surface area contributed by atoms with Gasteiger partial charge in [0.05, 0.1) is 0 Å². The van der Waals surface area contributed by atoms with Crippen molar-refractivity contribution in [2.75, 3.05) is 13.1 Å². The Morgan fingerprint density at radius 2 is 1.56 bits per heavy atom. The van der Waals surface area contributed by atoms with Gasteiger partial charge < -0.3 is 9.80 Å². The Bertz CT molecular complexity index is 308. The fourth-order valence-corrected chi connectivity index (χ4v) is 2.37. The molecule has 0 aromatic carbocycles. The molecular weight excluding hydrogens is 228 g/mol. The zero-order chi connectivity index (χ0) is 12.5. The molecule has 1 rings (SSSR count). The van der Waals surface area contributed by atoms with Crippen molar-refractivity contribution in [1.82, 2.24) is 9.80 Å². The highest BCUT2D eigenvalue weighted by Crippen LogP contribution is 2.23. The predicted molar refractivity (Wildman–Crippen MR) is 61.7 cm³/mol. The van der Waals surface area contributed by atoms with E-state index in [0.29, 0.717) is 13.1 Å². The van der Waals surface area contributed by atoms with Gasteiger partial charge in [-0.2, -0.15) is 0 Å². The average molecular weight is 244 g/mol. The molecule has 0 bridgehead atoms. The zero-order valence-corrected chi connectivity index (χ0v) is 10.5. The summed E-state index contributed by atoms with van der Waals surface area (Å²) in [4.78, 5) is 38.0. The third-order valence-electron chi connectivity index (χ3n) is 2.71. The van der Waals surface area contributed by atoms with Crippen LogP contribution in [0.15, 0.2) is 0 Å². The van der Waals surface area contributed by atoms with Crippen LogP contribution in [-0.4, -0.2) is 46.0 Å². The first-order valence-corrected chi connectivity index (χ1v) is 5.76. The number of hydrogen-bond donors (Lipinski definition) is 1. The van der Waals surface area contributed by atoms with Crippen molar-refractivity contribution < 1.29 is 14.4 Å². The van der Waals surface area contributed by atoms with Crippen LogP contribution >= 0.6 is 12.6 Å². The second-order valence-corrected chi connectivity index (χ2v) is 4.10. The van der Waals surface area contributed by atoms with Crippen molar-refractivity contribution in [3.63, 3.8) is 0 Å². The van der Waals surface area contributed by atoms with E-state index < -0.39 is 29.0 Å². The van der Waals surface area contributed by atoms with E-state index in [1.807, 2.05) is 0 Å². The number of ketones is 1. The normalized spacial score (nSPS) is 26.2. The molecular formula is C10H16N2O3S. The number of carbonyl (C=O) groups excluding carboxylic acids is 3. The molecule has 90 valence electrons. The van der Waals surface area contributed by atoms with E-state index in [0.717, 1.165) is 0 Å². The number of rotatable bonds is 3. The molecule has 0 atom stereocenters. The summed E-state index contributed by atoms with van der Waals surface area (Å²) in [7, 11) is 0. The van der Waals surface area contributed by atoms with Crippen LogP contribution in [0.4, 0.5) is 0 Å². The van der Waals surface area contributed by atoms with Gasteiger partial charge >= 0.3 is 0 Å². The van der Waals surface area contributed by atoms with Gasteiger partial charge in [0, 0.05) is 13.1 Å². The summed E-state index contributed by atoms with van der Waals surface area (Å²) >= 11 is 4.24. The lowest BCUT2D eigenvalue weighted by Gasteiger charge is -2.42. The molecule has 0 aliphatic carbocycles. The summed E-state index contributed by atoms with van der Waals surface area (Å²) in [6.07, 6.45) is 0. The summed E-state index contributed by atoms with van der Waals surface area (Å²) in [6, 6.07) is 0. The Morgan fingerprint density at radius 3 is 1.81 bits per heavy atom. The van der Waals surface area contributed by atoms with Gasteiger partial charge in [0.25, 0.3) is 0 Å². The van der Waals surface area contributed by atoms with Crippen molar-refractivity contribution in [1.29, 1.82) is 0 Å². The number of Topliss-reactive ketones (excluding diaryl/α,β-unsaturated/α-hetero) is 1. The van der Waals surface area contributed by atoms with Crippen LogP contribution in [0.25, 0.3) is 0 Å². The van der Waals surface area contributed by atoms with Crippen LogP contribution in [0.5, 0.6) is 0 Å². The standard InChI is InChI=1S/C10H16N2O3S/c1-4-11-8(14)7(6(3)13)9(15)12(5-2)10(11)16/h7,10,16H,4-5H2,1-3H3.